The highest BCUT2D eigenvalue weighted by Crippen LogP contribution is 2.43. The van der Waals surface area contributed by atoms with Gasteiger partial charge in [-0.1, -0.05) is 0 Å². The van der Waals surface area contributed by atoms with Crippen molar-refractivity contribution in [2.24, 2.45) is 0 Å². The fraction of sp³-hybridized carbons (Fsp3) is 0.429. The predicted octanol–water partition coefficient (Wildman–Crippen LogP) is 2.64. The van der Waals surface area contributed by atoms with Gasteiger partial charge in [0.1, 0.15) is 11.7 Å². The van der Waals surface area contributed by atoms with Crippen molar-refractivity contribution in [3.05, 3.63) is 23.1 Å². The van der Waals surface area contributed by atoms with Crippen LogP contribution in [0.15, 0.2) is 23.1 Å². The highest BCUT2D eigenvalue weighted by Gasteiger charge is 2.49. The van der Waals surface area contributed by atoms with E-state index in [-0.39, 0.29) is 0 Å². The van der Waals surface area contributed by atoms with Crippen LogP contribution in [0.25, 0.3) is 0 Å². The number of allylic oxidation sites excluding steroid dienone is 2. The summed E-state index contributed by atoms with van der Waals surface area (Å²) in [6.07, 6.45) is -11.7. The van der Waals surface area contributed by atoms with Crippen molar-refractivity contribution in [3.63, 3.8) is 0 Å². The maximum Gasteiger partial charge on any atom is 0.421 e. The van der Waals surface area contributed by atoms with Crippen molar-refractivity contribution in [3.8, 4) is 0 Å². The van der Waals surface area contributed by atoms with Crippen LogP contribution >= 0.6 is 0 Å². The standard InChI is InChI=1S/C7H3F7O/c8-2-1(7(12,13)14)3(9)5(11)6(15)4(2)10/h4,6,15H. The van der Waals surface area contributed by atoms with Gasteiger partial charge >= 0.3 is 6.18 Å². The number of rotatable bonds is 0. The van der Waals surface area contributed by atoms with Crippen LogP contribution in [-0.4, -0.2) is 23.6 Å². The molecule has 1 aliphatic carbocycles. The number of hydrogen-bond donors (Lipinski definition) is 1. The summed E-state index contributed by atoms with van der Waals surface area (Å²) in [5, 5.41) is 8.48. The largest absolute Gasteiger partial charge is 0.421 e. The highest BCUT2D eigenvalue weighted by molar-refractivity contribution is 5.41. The maximum absolute atomic E-state index is 12.6. The van der Waals surface area contributed by atoms with Gasteiger partial charge in [-0.05, 0) is 0 Å². The number of halogens is 7. The van der Waals surface area contributed by atoms with Gasteiger partial charge < -0.3 is 5.11 Å². The lowest BCUT2D eigenvalue weighted by atomic mass is 9.99. The normalized spacial score (nSPS) is 28.8. The average Bonchev–Trinajstić information content (AvgIpc) is 2.09. The third-order valence-corrected chi connectivity index (χ3v) is 1.73. The SMILES string of the molecule is OC1C(F)=C(F)C(C(F)(F)F)=C(F)C1F. The van der Waals surface area contributed by atoms with E-state index in [1.165, 1.54) is 0 Å². The highest BCUT2D eigenvalue weighted by atomic mass is 19.4. The molecule has 0 radical (unpaired) electrons. The van der Waals surface area contributed by atoms with Gasteiger partial charge in [-0.15, -0.1) is 0 Å². The Labute approximate surface area is 78.5 Å². The molecule has 0 aromatic rings. The second kappa shape index (κ2) is 3.51. The summed E-state index contributed by atoms with van der Waals surface area (Å²) in [6.45, 7) is 0. The predicted molar refractivity (Wildman–Crippen MR) is 34.3 cm³/mol. The monoisotopic (exact) mass is 236 g/mol. The molecule has 0 fully saturated rings. The summed E-state index contributed by atoms with van der Waals surface area (Å²) < 4.78 is 86.0. The molecule has 0 aromatic heterocycles. The second-order valence-electron chi connectivity index (χ2n) is 2.73. The molecule has 0 bridgehead atoms. The first-order valence-electron chi connectivity index (χ1n) is 3.52. The molecular formula is C7H3F7O. The first kappa shape index (κ1) is 12.0. The van der Waals surface area contributed by atoms with E-state index < -0.39 is 41.5 Å². The summed E-state index contributed by atoms with van der Waals surface area (Å²) in [6, 6.07) is 0. The molecule has 0 saturated heterocycles. The van der Waals surface area contributed by atoms with E-state index >= 15 is 0 Å². The molecular weight excluding hydrogens is 233 g/mol. The van der Waals surface area contributed by atoms with Gasteiger partial charge in [0.05, 0.1) is 0 Å². The van der Waals surface area contributed by atoms with Gasteiger partial charge in [-0.25, -0.2) is 17.6 Å². The zero-order valence-corrected chi connectivity index (χ0v) is 6.75. The van der Waals surface area contributed by atoms with E-state index in [4.69, 9.17) is 5.11 Å². The maximum atomic E-state index is 12.6. The minimum Gasteiger partial charge on any atom is -0.382 e. The number of aliphatic hydroxyl groups excluding tert-OH is 1. The Morgan fingerprint density at radius 2 is 1.47 bits per heavy atom. The van der Waals surface area contributed by atoms with Crippen LogP contribution in [0.3, 0.4) is 0 Å². The topological polar surface area (TPSA) is 20.2 Å². The third-order valence-electron chi connectivity index (χ3n) is 1.73. The van der Waals surface area contributed by atoms with Crippen LogP contribution in [0.5, 0.6) is 0 Å². The Morgan fingerprint density at radius 1 is 1.00 bits per heavy atom. The van der Waals surface area contributed by atoms with Crippen LogP contribution in [0, 0.1) is 0 Å². The van der Waals surface area contributed by atoms with Crippen molar-refractivity contribution in [1.82, 2.24) is 0 Å². The molecule has 8 heteroatoms. The van der Waals surface area contributed by atoms with Crippen molar-refractivity contribution in [1.29, 1.82) is 0 Å². The van der Waals surface area contributed by atoms with Gasteiger partial charge in [0, 0.05) is 0 Å². The number of hydrogen-bond acceptors (Lipinski definition) is 1. The Hall–Kier alpha value is -1.05. The van der Waals surface area contributed by atoms with Gasteiger partial charge in [-0.2, -0.15) is 13.2 Å². The lowest BCUT2D eigenvalue weighted by molar-refractivity contribution is -0.0964. The first-order valence-corrected chi connectivity index (χ1v) is 3.52. The Kier molecular flexibility index (Phi) is 2.81. The van der Waals surface area contributed by atoms with Crippen LogP contribution in [0.2, 0.25) is 0 Å². The fourth-order valence-corrected chi connectivity index (χ4v) is 1.02. The zero-order chi connectivity index (χ0) is 12.0. The molecule has 2 atom stereocenters. The summed E-state index contributed by atoms with van der Waals surface area (Å²) in [5.41, 5.74) is -2.65. The molecule has 0 spiro atoms. The van der Waals surface area contributed by atoms with Crippen molar-refractivity contribution >= 4 is 0 Å². The smallest absolute Gasteiger partial charge is 0.382 e. The molecule has 2 unspecified atom stereocenters. The Morgan fingerprint density at radius 3 is 1.87 bits per heavy atom. The summed E-state index contributed by atoms with van der Waals surface area (Å²) in [4.78, 5) is 0. The van der Waals surface area contributed by atoms with Crippen LogP contribution in [0.4, 0.5) is 30.7 Å². The quantitative estimate of drug-likeness (QED) is 0.641. The van der Waals surface area contributed by atoms with Crippen molar-refractivity contribution in [2.45, 2.75) is 18.5 Å². The molecule has 0 amide bonds. The van der Waals surface area contributed by atoms with Crippen LogP contribution < -0.4 is 0 Å². The Balaban J connectivity index is 3.36. The molecule has 0 aliphatic heterocycles. The molecule has 86 valence electrons. The van der Waals surface area contributed by atoms with Gasteiger partial charge in [-0.3, -0.25) is 0 Å². The molecule has 0 saturated carbocycles. The summed E-state index contributed by atoms with van der Waals surface area (Å²) >= 11 is 0. The van der Waals surface area contributed by atoms with E-state index in [9.17, 15) is 30.7 Å². The number of alkyl halides is 4. The van der Waals surface area contributed by atoms with E-state index in [0.717, 1.165) is 0 Å². The van der Waals surface area contributed by atoms with Gasteiger partial charge in [0.2, 0.25) is 0 Å². The van der Waals surface area contributed by atoms with Gasteiger partial charge in [0.25, 0.3) is 0 Å². The van der Waals surface area contributed by atoms with Crippen LogP contribution in [0.1, 0.15) is 0 Å². The molecule has 1 rings (SSSR count). The summed E-state index contributed by atoms with van der Waals surface area (Å²) in [7, 11) is 0. The van der Waals surface area contributed by atoms with Gasteiger partial charge in [0.15, 0.2) is 23.7 Å². The fourth-order valence-electron chi connectivity index (χ4n) is 1.02. The molecule has 15 heavy (non-hydrogen) atoms. The minimum atomic E-state index is -5.56. The molecule has 1 aliphatic rings. The molecule has 1 nitrogen and oxygen atoms in total. The molecule has 0 heterocycles. The summed E-state index contributed by atoms with van der Waals surface area (Å²) in [5.74, 6) is -7.55. The molecule has 1 N–H and O–H groups in total. The number of aliphatic hydroxyl groups is 1. The van der Waals surface area contributed by atoms with E-state index in [1.807, 2.05) is 0 Å². The van der Waals surface area contributed by atoms with Crippen LogP contribution in [-0.2, 0) is 0 Å². The average molecular weight is 236 g/mol. The zero-order valence-electron chi connectivity index (χ0n) is 6.75. The minimum absolute atomic E-state index is 2.36. The van der Waals surface area contributed by atoms with E-state index in [1.54, 1.807) is 0 Å². The van der Waals surface area contributed by atoms with E-state index in [0.29, 0.717) is 0 Å². The first-order chi connectivity index (χ1) is 6.68. The van der Waals surface area contributed by atoms with Crippen molar-refractivity contribution in [2.75, 3.05) is 0 Å². The lowest BCUT2D eigenvalue weighted by Gasteiger charge is -2.22. The van der Waals surface area contributed by atoms with E-state index in [2.05, 4.69) is 0 Å². The third kappa shape index (κ3) is 1.85. The lowest BCUT2D eigenvalue weighted by Crippen LogP contribution is -2.32. The molecule has 0 aromatic carbocycles. The Bertz CT molecular complexity index is 340. The van der Waals surface area contributed by atoms with Crippen molar-refractivity contribution < 1.29 is 35.8 Å². The second-order valence-corrected chi connectivity index (χ2v) is 2.73.